The van der Waals surface area contributed by atoms with Crippen molar-refractivity contribution in [3.8, 4) is 0 Å². The van der Waals surface area contributed by atoms with Crippen LogP contribution in [0.4, 0.5) is 0 Å². The Morgan fingerprint density at radius 3 is 2.70 bits per heavy atom. The largest absolute Gasteiger partial charge is 0.309 e. The van der Waals surface area contributed by atoms with Crippen LogP contribution >= 0.6 is 0 Å². The molecule has 10 heavy (non-hydrogen) atoms. The van der Waals surface area contributed by atoms with Crippen molar-refractivity contribution in [2.24, 2.45) is 0 Å². The van der Waals surface area contributed by atoms with Gasteiger partial charge in [0.1, 0.15) is 5.82 Å². The van der Waals surface area contributed by atoms with Crippen LogP contribution in [-0.4, -0.2) is 11.1 Å². The first-order chi connectivity index (χ1) is 4.97. The lowest BCUT2D eigenvalue weighted by Crippen LogP contribution is -2.02. The smallest absolute Gasteiger partial charge is 0.127 e. The summed E-state index contributed by atoms with van der Waals surface area (Å²) in [5.74, 6) is 1.09. The lowest BCUT2D eigenvalue weighted by Gasteiger charge is -2.00. The number of aromatic nitrogens is 1. The van der Waals surface area contributed by atoms with Gasteiger partial charge in [0.25, 0.3) is 0 Å². The molecule has 0 fully saturated rings. The van der Waals surface area contributed by atoms with Crippen LogP contribution in [0.3, 0.4) is 0 Å². The topological polar surface area (TPSA) is 19.0 Å². The Morgan fingerprint density at radius 2 is 2.10 bits per heavy atom. The summed E-state index contributed by atoms with van der Waals surface area (Å²) < 4.78 is 2.03. The highest BCUT2D eigenvalue weighted by Crippen LogP contribution is 2.09. The van der Waals surface area contributed by atoms with Gasteiger partial charge in [-0.15, -0.1) is 0 Å². The molecule has 1 aromatic rings. The maximum absolute atomic E-state index is 4.30. The van der Waals surface area contributed by atoms with Crippen molar-refractivity contribution >= 4 is 5.82 Å². The van der Waals surface area contributed by atoms with Crippen LogP contribution in [0.15, 0.2) is 30.6 Å². The second-order valence-corrected chi connectivity index (χ2v) is 2.32. The van der Waals surface area contributed by atoms with Crippen molar-refractivity contribution < 1.29 is 0 Å². The molecule has 0 N–H and O–H groups in total. The molecular formula is C8H9N2. The number of rotatable bonds is 1. The quantitative estimate of drug-likeness (QED) is 0.550. The van der Waals surface area contributed by atoms with E-state index in [1.165, 1.54) is 0 Å². The van der Waals surface area contributed by atoms with E-state index in [0.29, 0.717) is 0 Å². The average Bonchev–Trinajstić information content (AvgIpc) is 2.59. The van der Waals surface area contributed by atoms with E-state index in [-0.39, 0.29) is 0 Å². The molecule has 1 radical (unpaired) electrons. The zero-order valence-corrected chi connectivity index (χ0v) is 5.70. The molecule has 0 amide bonds. The standard InChI is InChI=1S/C8H9N2/c1-2-7-10(6-1)8-4-3-5-9-8/h1-2,4,6-7H,3,5H2. The minimum absolute atomic E-state index is 0.952. The lowest BCUT2D eigenvalue weighted by molar-refractivity contribution is 0.865. The molecule has 0 aliphatic carbocycles. The number of hydrogen-bond donors (Lipinski definition) is 0. The molecule has 0 saturated carbocycles. The van der Waals surface area contributed by atoms with Crippen molar-refractivity contribution in [1.29, 1.82) is 0 Å². The van der Waals surface area contributed by atoms with E-state index in [2.05, 4.69) is 11.4 Å². The first-order valence-electron chi connectivity index (χ1n) is 3.48. The van der Waals surface area contributed by atoms with Crippen LogP contribution in [0.25, 0.3) is 5.82 Å². The van der Waals surface area contributed by atoms with Gasteiger partial charge in [-0.1, -0.05) is 0 Å². The molecule has 2 heteroatoms. The molecule has 2 heterocycles. The predicted molar refractivity (Wildman–Crippen MR) is 40.3 cm³/mol. The van der Waals surface area contributed by atoms with Crippen molar-refractivity contribution in [2.45, 2.75) is 6.42 Å². The molecule has 0 saturated heterocycles. The third-order valence-electron chi connectivity index (χ3n) is 1.60. The van der Waals surface area contributed by atoms with Gasteiger partial charge in [0.15, 0.2) is 0 Å². The van der Waals surface area contributed by atoms with Gasteiger partial charge in [-0.05, 0) is 24.6 Å². The Hall–Kier alpha value is -1.18. The monoisotopic (exact) mass is 133 g/mol. The third kappa shape index (κ3) is 0.817. The van der Waals surface area contributed by atoms with E-state index < -0.39 is 0 Å². The van der Waals surface area contributed by atoms with Gasteiger partial charge in [-0.3, -0.25) is 5.32 Å². The lowest BCUT2D eigenvalue weighted by atomic mass is 10.5. The molecule has 0 spiro atoms. The predicted octanol–water partition coefficient (Wildman–Crippen LogP) is 1.29. The summed E-state index contributed by atoms with van der Waals surface area (Å²) in [4.78, 5) is 0. The van der Waals surface area contributed by atoms with Crippen molar-refractivity contribution in [2.75, 3.05) is 6.54 Å². The van der Waals surface area contributed by atoms with Crippen LogP contribution < -0.4 is 5.32 Å². The molecule has 1 aliphatic rings. The van der Waals surface area contributed by atoms with E-state index in [9.17, 15) is 0 Å². The highest BCUT2D eigenvalue weighted by Gasteiger charge is 2.04. The Morgan fingerprint density at radius 1 is 1.30 bits per heavy atom. The van der Waals surface area contributed by atoms with E-state index in [0.717, 1.165) is 18.8 Å². The van der Waals surface area contributed by atoms with Gasteiger partial charge in [0.05, 0.1) is 0 Å². The second kappa shape index (κ2) is 2.21. The molecule has 0 atom stereocenters. The van der Waals surface area contributed by atoms with Gasteiger partial charge < -0.3 is 4.57 Å². The fourth-order valence-corrected chi connectivity index (χ4v) is 1.11. The SMILES string of the molecule is C1=C(n2cccc2)[N]CC1. The Balaban J connectivity index is 2.28. The highest BCUT2D eigenvalue weighted by molar-refractivity contribution is 5.45. The molecule has 1 aliphatic heterocycles. The highest BCUT2D eigenvalue weighted by atomic mass is 15.1. The molecule has 0 bridgehead atoms. The van der Waals surface area contributed by atoms with Crippen LogP contribution in [-0.2, 0) is 0 Å². The minimum atomic E-state index is 0.952. The van der Waals surface area contributed by atoms with E-state index in [1.54, 1.807) is 0 Å². The first kappa shape index (κ1) is 5.59. The molecule has 0 aromatic carbocycles. The summed E-state index contributed by atoms with van der Waals surface area (Å²) in [6, 6.07) is 4.02. The summed E-state index contributed by atoms with van der Waals surface area (Å²) in [6.07, 6.45) is 7.27. The molecule has 2 rings (SSSR count). The van der Waals surface area contributed by atoms with Crippen LogP contribution in [0, 0.1) is 0 Å². The molecule has 2 nitrogen and oxygen atoms in total. The Kier molecular flexibility index (Phi) is 1.24. The first-order valence-corrected chi connectivity index (χ1v) is 3.48. The maximum Gasteiger partial charge on any atom is 0.127 e. The van der Waals surface area contributed by atoms with Crippen molar-refractivity contribution in [3.63, 3.8) is 0 Å². The summed E-state index contributed by atoms with van der Waals surface area (Å²) >= 11 is 0. The van der Waals surface area contributed by atoms with Gasteiger partial charge in [0.2, 0.25) is 0 Å². The Bertz CT molecular complexity index is 234. The summed E-state index contributed by atoms with van der Waals surface area (Å²) in [5, 5.41) is 4.30. The van der Waals surface area contributed by atoms with Gasteiger partial charge >= 0.3 is 0 Å². The molecular weight excluding hydrogens is 124 g/mol. The van der Waals surface area contributed by atoms with Gasteiger partial charge in [-0.2, -0.15) is 0 Å². The van der Waals surface area contributed by atoms with E-state index in [1.807, 2.05) is 29.1 Å². The second-order valence-electron chi connectivity index (χ2n) is 2.32. The maximum atomic E-state index is 4.30. The fourth-order valence-electron chi connectivity index (χ4n) is 1.11. The zero-order chi connectivity index (χ0) is 6.81. The molecule has 1 aromatic heterocycles. The summed E-state index contributed by atoms with van der Waals surface area (Å²) in [5.41, 5.74) is 0. The third-order valence-corrected chi connectivity index (χ3v) is 1.60. The Labute approximate surface area is 60.2 Å². The summed E-state index contributed by atoms with van der Waals surface area (Å²) in [7, 11) is 0. The number of nitrogens with zero attached hydrogens (tertiary/aromatic N) is 2. The van der Waals surface area contributed by atoms with E-state index >= 15 is 0 Å². The fraction of sp³-hybridized carbons (Fsp3) is 0.250. The van der Waals surface area contributed by atoms with Gasteiger partial charge in [0, 0.05) is 18.9 Å². The average molecular weight is 133 g/mol. The van der Waals surface area contributed by atoms with Gasteiger partial charge in [-0.25, -0.2) is 0 Å². The van der Waals surface area contributed by atoms with Crippen LogP contribution in [0.2, 0.25) is 0 Å². The van der Waals surface area contributed by atoms with Crippen molar-refractivity contribution in [1.82, 2.24) is 9.88 Å². The van der Waals surface area contributed by atoms with E-state index in [4.69, 9.17) is 0 Å². The number of hydrogen-bond acceptors (Lipinski definition) is 0. The molecule has 0 unspecified atom stereocenters. The van der Waals surface area contributed by atoms with Crippen LogP contribution in [0.1, 0.15) is 6.42 Å². The normalized spacial score (nSPS) is 16.6. The zero-order valence-electron chi connectivity index (χ0n) is 5.70. The van der Waals surface area contributed by atoms with Crippen molar-refractivity contribution in [3.05, 3.63) is 30.6 Å². The summed E-state index contributed by atoms with van der Waals surface area (Å²) in [6.45, 7) is 0.952. The minimum Gasteiger partial charge on any atom is -0.309 e. The molecule has 51 valence electrons. The van der Waals surface area contributed by atoms with Crippen LogP contribution in [0.5, 0.6) is 0 Å².